The minimum absolute atomic E-state index is 0.00930. The van der Waals surface area contributed by atoms with Gasteiger partial charge < -0.3 is 15.4 Å². The second-order valence-electron chi connectivity index (χ2n) is 7.59. The van der Waals surface area contributed by atoms with E-state index in [2.05, 4.69) is 10.6 Å². The summed E-state index contributed by atoms with van der Waals surface area (Å²) in [5, 5.41) is 5.87. The lowest BCUT2D eigenvalue weighted by atomic mass is 10.1. The van der Waals surface area contributed by atoms with Crippen molar-refractivity contribution in [2.75, 3.05) is 35.6 Å². The SMILES string of the molecule is Cc1c(Cl)cccc1N(CC(=O)Nc1ccccc1C(=O)NC[C@@H]1CCCO1)S(C)(=O)=O. The largest absolute Gasteiger partial charge is 0.376 e. The van der Waals surface area contributed by atoms with Crippen LogP contribution in [0.5, 0.6) is 0 Å². The number of amides is 2. The average molecular weight is 480 g/mol. The summed E-state index contributed by atoms with van der Waals surface area (Å²) in [6, 6.07) is 11.4. The van der Waals surface area contributed by atoms with Crippen molar-refractivity contribution in [3.8, 4) is 0 Å². The van der Waals surface area contributed by atoms with Gasteiger partial charge in [0, 0.05) is 18.2 Å². The first-order chi connectivity index (χ1) is 15.2. The van der Waals surface area contributed by atoms with E-state index in [0.29, 0.717) is 35.1 Å². The van der Waals surface area contributed by atoms with Crippen LogP contribution in [0.4, 0.5) is 11.4 Å². The van der Waals surface area contributed by atoms with Crippen molar-refractivity contribution in [1.82, 2.24) is 5.32 Å². The van der Waals surface area contributed by atoms with Gasteiger partial charge in [0.25, 0.3) is 5.91 Å². The topological polar surface area (TPSA) is 105 Å². The molecular weight excluding hydrogens is 454 g/mol. The Morgan fingerprint density at radius 1 is 1.19 bits per heavy atom. The molecule has 10 heteroatoms. The minimum Gasteiger partial charge on any atom is -0.376 e. The molecule has 3 rings (SSSR count). The van der Waals surface area contributed by atoms with E-state index in [4.69, 9.17) is 16.3 Å². The molecule has 0 saturated carbocycles. The summed E-state index contributed by atoms with van der Waals surface area (Å²) in [6.45, 7) is 2.29. The lowest BCUT2D eigenvalue weighted by molar-refractivity contribution is -0.114. The number of sulfonamides is 1. The summed E-state index contributed by atoms with van der Waals surface area (Å²) in [4.78, 5) is 25.4. The van der Waals surface area contributed by atoms with Gasteiger partial charge in [-0.3, -0.25) is 13.9 Å². The molecule has 32 heavy (non-hydrogen) atoms. The van der Waals surface area contributed by atoms with Gasteiger partial charge in [-0.2, -0.15) is 0 Å². The molecule has 1 aliphatic heterocycles. The molecule has 2 amide bonds. The first-order valence-electron chi connectivity index (χ1n) is 10.2. The van der Waals surface area contributed by atoms with Gasteiger partial charge in [0.05, 0.1) is 29.3 Å². The minimum atomic E-state index is -3.77. The molecule has 0 spiro atoms. The number of carbonyl (C=O) groups excluding carboxylic acids is 2. The Hall–Kier alpha value is -2.62. The fraction of sp³-hybridized carbons (Fsp3) is 0.364. The summed E-state index contributed by atoms with van der Waals surface area (Å²) in [7, 11) is -3.77. The summed E-state index contributed by atoms with van der Waals surface area (Å²) in [5.74, 6) is -0.934. The predicted molar refractivity (Wildman–Crippen MR) is 125 cm³/mol. The van der Waals surface area contributed by atoms with E-state index < -0.39 is 22.5 Å². The molecule has 0 aliphatic carbocycles. The second kappa shape index (κ2) is 10.3. The highest BCUT2D eigenvalue weighted by atomic mass is 35.5. The average Bonchev–Trinajstić information content (AvgIpc) is 3.26. The van der Waals surface area contributed by atoms with Gasteiger partial charge in [-0.25, -0.2) is 8.42 Å². The zero-order valence-electron chi connectivity index (χ0n) is 17.9. The molecule has 1 saturated heterocycles. The number of para-hydroxylation sites is 1. The Kier molecular flexibility index (Phi) is 7.76. The molecule has 1 heterocycles. The van der Waals surface area contributed by atoms with Gasteiger partial charge in [-0.1, -0.05) is 29.8 Å². The smallest absolute Gasteiger partial charge is 0.253 e. The lowest BCUT2D eigenvalue weighted by Crippen LogP contribution is -2.38. The number of halogens is 1. The predicted octanol–water partition coefficient (Wildman–Crippen LogP) is 2.96. The fourth-order valence-corrected chi connectivity index (χ4v) is 4.54. The van der Waals surface area contributed by atoms with Crippen molar-refractivity contribution in [2.45, 2.75) is 25.9 Å². The molecule has 2 aromatic carbocycles. The number of nitrogens with one attached hydrogen (secondary N) is 2. The van der Waals surface area contributed by atoms with Crippen LogP contribution in [0.1, 0.15) is 28.8 Å². The number of hydrogen-bond acceptors (Lipinski definition) is 5. The van der Waals surface area contributed by atoms with Gasteiger partial charge in [-0.05, 0) is 49.6 Å². The van der Waals surface area contributed by atoms with Crippen molar-refractivity contribution in [2.24, 2.45) is 0 Å². The summed E-state index contributed by atoms with van der Waals surface area (Å²) in [5.41, 5.74) is 1.43. The van der Waals surface area contributed by atoms with Gasteiger partial charge in [0.1, 0.15) is 6.54 Å². The molecule has 0 unspecified atom stereocenters. The molecule has 0 radical (unpaired) electrons. The number of hydrogen-bond donors (Lipinski definition) is 2. The number of carbonyl (C=O) groups is 2. The quantitative estimate of drug-likeness (QED) is 0.605. The maximum atomic E-state index is 12.8. The number of nitrogens with zero attached hydrogens (tertiary/aromatic N) is 1. The Bertz CT molecular complexity index is 1100. The van der Waals surface area contributed by atoms with Gasteiger partial charge >= 0.3 is 0 Å². The molecular formula is C22H26ClN3O5S. The molecule has 2 aromatic rings. The third-order valence-corrected chi connectivity index (χ3v) is 6.69. The van der Waals surface area contributed by atoms with Gasteiger partial charge in [0.2, 0.25) is 15.9 Å². The van der Waals surface area contributed by atoms with Crippen LogP contribution in [0.25, 0.3) is 0 Å². The summed E-state index contributed by atoms with van der Waals surface area (Å²) in [6.07, 6.45) is 2.87. The van der Waals surface area contributed by atoms with Crippen LogP contribution < -0.4 is 14.9 Å². The van der Waals surface area contributed by atoms with Crippen LogP contribution in [0.15, 0.2) is 42.5 Å². The van der Waals surface area contributed by atoms with E-state index in [9.17, 15) is 18.0 Å². The van der Waals surface area contributed by atoms with Crippen LogP contribution in [-0.2, 0) is 19.6 Å². The molecule has 1 atom stereocenters. The monoisotopic (exact) mass is 479 g/mol. The third kappa shape index (κ3) is 5.99. The second-order valence-corrected chi connectivity index (χ2v) is 9.91. The van der Waals surface area contributed by atoms with Crippen LogP contribution in [0, 0.1) is 6.92 Å². The molecule has 2 N–H and O–H groups in total. The lowest BCUT2D eigenvalue weighted by Gasteiger charge is -2.24. The Morgan fingerprint density at radius 3 is 2.62 bits per heavy atom. The summed E-state index contributed by atoms with van der Waals surface area (Å²) >= 11 is 6.13. The van der Waals surface area contributed by atoms with E-state index in [1.54, 1.807) is 49.4 Å². The highest BCUT2D eigenvalue weighted by Gasteiger charge is 2.24. The van der Waals surface area contributed by atoms with Crippen molar-refractivity contribution in [1.29, 1.82) is 0 Å². The molecule has 0 bridgehead atoms. The highest BCUT2D eigenvalue weighted by molar-refractivity contribution is 7.92. The van der Waals surface area contributed by atoms with Crippen LogP contribution in [-0.4, -0.2) is 52.3 Å². The Morgan fingerprint density at radius 2 is 1.94 bits per heavy atom. The zero-order valence-corrected chi connectivity index (χ0v) is 19.5. The van der Waals surface area contributed by atoms with Crippen molar-refractivity contribution < 1.29 is 22.7 Å². The highest BCUT2D eigenvalue weighted by Crippen LogP contribution is 2.28. The Labute approximate surface area is 192 Å². The van der Waals surface area contributed by atoms with Crippen LogP contribution >= 0.6 is 11.6 Å². The first kappa shape index (κ1) is 24.0. The van der Waals surface area contributed by atoms with Crippen LogP contribution in [0.3, 0.4) is 0 Å². The zero-order chi connectivity index (χ0) is 23.3. The third-order valence-electron chi connectivity index (χ3n) is 5.16. The standard InChI is InChI=1S/C22H26ClN3O5S/c1-15-18(23)9-5-11-20(15)26(32(2,29)30)14-21(27)25-19-10-4-3-8-17(19)22(28)24-13-16-7-6-12-31-16/h3-5,8-11,16H,6-7,12-14H2,1-2H3,(H,24,28)(H,25,27)/t16-/m0/s1. The number of benzene rings is 2. The van der Waals surface area contributed by atoms with E-state index in [1.807, 2.05) is 0 Å². The number of ether oxygens (including phenoxy) is 1. The maximum absolute atomic E-state index is 12.8. The molecule has 8 nitrogen and oxygen atoms in total. The summed E-state index contributed by atoms with van der Waals surface area (Å²) < 4.78 is 31.3. The van der Waals surface area contributed by atoms with Gasteiger partial charge in [0.15, 0.2) is 0 Å². The number of rotatable bonds is 8. The Balaban J connectivity index is 1.74. The molecule has 0 aromatic heterocycles. The van der Waals surface area contributed by atoms with Crippen molar-refractivity contribution >= 4 is 44.8 Å². The molecule has 1 aliphatic rings. The maximum Gasteiger partial charge on any atom is 0.253 e. The first-order valence-corrected chi connectivity index (χ1v) is 12.4. The molecule has 1 fully saturated rings. The van der Waals surface area contributed by atoms with E-state index in [0.717, 1.165) is 23.4 Å². The van der Waals surface area contributed by atoms with Crippen molar-refractivity contribution in [3.63, 3.8) is 0 Å². The number of anilines is 2. The normalized spacial score (nSPS) is 15.9. The van der Waals surface area contributed by atoms with Gasteiger partial charge in [-0.15, -0.1) is 0 Å². The van der Waals surface area contributed by atoms with E-state index in [1.165, 1.54) is 0 Å². The molecule has 172 valence electrons. The van der Waals surface area contributed by atoms with Crippen molar-refractivity contribution in [3.05, 3.63) is 58.6 Å². The van der Waals surface area contributed by atoms with E-state index >= 15 is 0 Å². The van der Waals surface area contributed by atoms with Crippen LogP contribution in [0.2, 0.25) is 5.02 Å². The fourth-order valence-electron chi connectivity index (χ4n) is 3.46. The van der Waals surface area contributed by atoms with E-state index in [-0.39, 0.29) is 17.6 Å².